The van der Waals surface area contributed by atoms with Crippen LogP contribution in [0.4, 0.5) is 0 Å². The van der Waals surface area contributed by atoms with E-state index >= 15 is 0 Å². The highest BCUT2D eigenvalue weighted by Gasteiger charge is 2.25. The van der Waals surface area contributed by atoms with Crippen LogP contribution in [0.3, 0.4) is 0 Å². The van der Waals surface area contributed by atoms with Gasteiger partial charge in [-0.25, -0.2) is 5.84 Å². The van der Waals surface area contributed by atoms with E-state index in [1.54, 1.807) is 75.7 Å². The number of aromatic amines is 2. The van der Waals surface area contributed by atoms with Crippen molar-refractivity contribution in [3.8, 4) is 28.0 Å². The number of hydrazine groups is 1. The van der Waals surface area contributed by atoms with Gasteiger partial charge in [0, 0.05) is 149 Å². The van der Waals surface area contributed by atoms with Gasteiger partial charge in [0.25, 0.3) is 11.8 Å². The molecule has 6 N–H and O–H groups in total. The summed E-state index contributed by atoms with van der Waals surface area (Å²) >= 11 is 6.81. The number of aryl methyl sites for hydroxylation is 1. The number of fused-ring (bicyclic) bond motifs is 3. The van der Waals surface area contributed by atoms with Crippen molar-refractivity contribution in [1.82, 2.24) is 54.6 Å². The van der Waals surface area contributed by atoms with Crippen LogP contribution in [0.25, 0.3) is 66.2 Å². The molecule has 406 valence electrons. The van der Waals surface area contributed by atoms with E-state index in [1.807, 2.05) is 66.2 Å². The number of carbonyl (C=O) groups is 4. The number of carbonyl (C=O) groups excluding carboxylic acids is 4. The van der Waals surface area contributed by atoms with Crippen molar-refractivity contribution in [2.75, 3.05) is 68.0 Å². The highest BCUT2D eigenvalue weighted by Crippen LogP contribution is 2.41. The Morgan fingerprint density at radius 1 is 0.795 bits per heavy atom. The molecule has 0 spiro atoms. The van der Waals surface area contributed by atoms with Crippen molar-refractivity contribution in [2.45, 2.75) is 46.1 Å². The van der Waals surface area contributed by atoms with Crippen LogP contribution >= 0.6 is 11.6 Å². The monoisotopic (exact) mass is 1080 g/mol. The lowest BCUT2D eigenvalue weighted by molar-refractivity contribution is -0.131. The fraction of sp³-hybridized carbons (Fsp3) is 0.293. The number of methoxy groups -OCH3 is 1. The van der Waals surface area contributed by atoms with E-state index < -0.39 is 0 Å². The maximum Gasteiger partial charge on any atom is 0.289 e. The molecule has 0 aliphatic carbocycles. The number of rotatable bonds is 14. The molecule has 0 atom stereocenters. The Morgan fingerprint density at radius 3 is 2.15 bits per heavy atom. The number of ether oxygens (including phenoxy) is 1. The minimum atomic E-state index is -0.225. The first-order valence-electron chi connectivity index (χ1n) is 25.8. The van der Waals surface area contributed by atoms with Gasteiger partial charge in [0.05, 0.1) is 31.1 Å². The van der Waals surface area contributed by atoms with Crippen LogP contribution in [0.15, 0.2) is 121 Å². The number of nitrogens with one attached hydrogen (secondary N) is 2. The Balaban J connectivity index is 0.000000200. The summed E-state index contributed by atoms with van der Waals surface area (Å²) in [6, 6.07) is 19.7. The zero-order chi connectivity index (χ0) is 55.6. The second-order valence-electron chi connectivity index (χ2n) is 19.0. The summed E-state index contributed by atoms with van der Waals surface area (Å²) < 4.78 is 13.3. The second-order valence-corrected chi connectivity index (χ2v) is 19.4. The standard InChI is InChI=1S/C29H28ClN7O2.C27H32N6O4.C2H6/c1-35(2)29(39)27-15-23-21(22-12-18-5-7-31-25(18)16-24(22)30)13-20(14-26(23)33-27)19-4-3-9-36(17-19)28(38)6-10-37-11-8-32-34-37;1-31(2)27(35)23-15-20-13-19(14-22(26(20)37-23)21-6-9-30-16-24(21)36-3)18-5-4-10-32(17-18)25(34)7-11-33(29)12-8-28;1-2/h4-5,7-8,11-16,31,33H,3,6,9-10,17H2,1-2H3;5-6,8-9,12-16H,4,7,10-11,17,28-29H2,1-3H3;1-2H3/b;12-8-;. The molecule has 7 heterocycles. The Morgan fingerprint density at radius 2 is 1.49 bits per heavy atom. The molecule has 2 aliphatic rings. The van der Waals surface area contributed by atoms with Crippen LogP contribution < -0.4 is 16.3 Å². The van der Waals surface area contributed by atoms with Gasteiger partial charge in [0.15, 0.2) is 5.76 Å². The summed E-state index contributed by atoms with van der Waals surface area (Å²) in [5.74, 6) is 6.41. The molecule has 0 bridgehead atoms. The molecule has 78 heavy (non-hydrogen) atoms. The van der Waals surface area contributed by atoms with Crippen LogP contribution in [-0.4, -0.2) is 146 Å². The zero-order valence-electron chi connectivity index (χ0n) is 45.0. The van der Waals surface area contributed by atoms with E-state index in [2.05, 4.69) is 55.6 Å². The molecule has 0 saturated carbocycles. The predicted octanol–water partition coefficient (Wildman–Crippen LogP) is 8.81. The summed E-state index contributed by atoms with van der Waals surface area (Å²) in [5.41, 5.74) is 15.7. The van der Waals surface area contributed by atoms with Gasteiger partial charge in [-0.15, -0.1) is 5.10 Å². The average molecular weight is 1080 g/mol. The Kier molecular flexibility index (Phi) is 17.8. The third kappa shape index (κ3) is 12.4. The fourth-order valence-electron chi connectivity index (χ4n) is 9.53. The number of nitrogens with zero attached hydrogens (tertiary/aromatic N) is 9. The molecule has 20 heteroatoms. The van der Waals surface area contributed by atoms with E-state index in [0.29, 0.717) is 67.7 Å². The van der Waals surface area contributed by atoms with Crippen LogP contribution in [-0.2, 0) is 16.1 Å². The lowest BCUT2D eigenvalue weighted by Crippen LogP contribution is -2.38. The van der Waals surface area contributed by atoms with Gasteiger partial charge >= 0.3 is 0 Å². The van der Waals surface area contributed by atoms with Gasteiger partial charge in [-0.1, -0.05) is 42.8 Å². The van der Waals surface area contributed by atoms with Crippen molar-refractivity contribution in [3.63, 3.8) is 0 Å². The van der Waals surface area contributed by atoms with E-state index in [4.69, 9.17) is 32.3 Å². The SMILES string of the molecule is CC.CN(C)C(=O)c1cc2c(-c3cc4cc[nH]c4cc3Cl)cc(C3=CCCN(C(=O)CCn4ccnn4)C3)cc2[nH]1.COc1cnccc1-c1cc(C2=CCCN(C(=O)CCN(N)/C=C\N)C2)cc2cc(C(=O)N(C)C)oc12. The van der Waals surface area contributed by atoms with Gasteiger partial charge < -0.3 is 49.5 Å². The molecule has 2 aliphatic heterocycles. The van der Waals surface area contributed by atoms with E-state index in [0.717, 1.165) is 84.6 Å². The smallest absolute Gasteiger partial charge is 0.289 e. The van der Waals surface area contributed by atoms with Crippen molar-refractivity contribution in [1.29, 1.82) is 0 Å². The lowest BCUT2D eigenvalue weighted by atomic mass is 9.93. The lowest BCUT2D eigenvalue weighted by Gasteiger charge is -2.28. The zero-order valence-corrected chi connectivity index (χ0v) is 45.8. The second kappa shape index (κ2) is 25.0. The normalized spacial score (nSPS) is 13.4. The van der Waals surface area contributed by atoms with Gasteiger partial charge in [0.2, 0.25) is 11.8 Å². The number of amides is 4. The molecule has 5 aromatic heterocycles. The molecule has 3 aromatic carbocycles. The van der Waals surface area contributed by atoms with Crippen molar-refractivity contribution in [2.24, 2.45) is 11.6 Å². The molecule has 0 fully saturated rings. The molecule has 0 unspecified atom stereocenters. The number of aromatic nitrogens is 6. The summed E-state index contributed by atoms with van der Waals surface area (Å²) in [4.78, 5) is 68.9. The Labute approximate surface area is 457 Å². The largest absolute Gasteiger partial charge is 0.494 e. The fourth-order valence-corrected chi connectivity index (χ4v) is 9.80. The minimum absolute atomic E-state index is 0.0192. The maximum absolute atomic E-state index is 13.0. The molecule has 10 rings (SSSR count). The summed E-state index contributed by atoms with van der Waals surface area (Å²) in [5, 5.41) is 12.5. The number of hydrogen-bond donors (Lipinski definition) is 4. The minimum Gasteiger partial charge on any atom is -0.494 e. The molecule has 0 saturated heterocycles. The number of pyridine rings is 1. The van der Waals surface area contributed by atoms with Gasteiger partial charge in [-0.2, -0.15) is 0 Å². The van der Waals surface area contributed by atoms with Gasteiger partial charge in [-0.05, 0) is 101 Å². The number of halogens is 1. The van der Waals surface area contributed by atoms with E-state index in [9.17, 15) is 19.2 Å². The highest BCUT2D eigenvalue weighted by atomic mass is 35.5. The Hall–Kier alpha value is -8.68. The summed E-state index contributed by atoms with van der Waals surface area (Å²) in [6.45, 7) is 7.16. The average Bonchev–Trinajstić information content (AvgIpc) is 4.44. The van der Waals surface area contributed by atoms with Crippen molar-refractivity contribution < 1.29 is 28.3 Å². The number of benzene rings is 3. The molecular formula is C58H66ClN13O6. The van der Waals surface area contributed by atoms with E-state index in [1.165, 1.54) is 22.3 Å². The highest BCUT2D eigenvalue weighted by molar-refractivity contribution is 6.34. The molecule has 4 amide bonds. The first-order chi connectivity index (χ1) is 37.7. The first-order valence-corrected chi connectivity index (χ1v) is 26.2. The van der Waals surface area contributed by atoms with Crippen LogP contribution in [0.1, 0.15) is 71.7 Å². The predicted molar refractivity (Wildman–Crippen MR) is 306 cm³/mol. The summed E-state index contributed by atoms with van der Waals surface area (Å²) in [7, 11) is 8.42. The van der Waals surface area contributed by atoms with Crippen LogP contribution in [0, 0.1) is 0 Å². The number of furan rings is 1. The molecular weight excluding hydrogens is 1010 g/mol. The van der Waals surface area contributed by atoms with Gasteiger partial charge in [-0.3, -0.25) is 28.8 Å². The van der Waals surface area contributed by atoms with Crippen LogP contribution in [0.2, 0.25) is 5.02 Å². The van der Waals surface area contributed by atoms with Crippen molar-refractivity contribution in [3.05, 3.63) is 144 Å². The number of H-pyrrole nitrogens is 2. The molecule has 19 nitrogen and oxygen atoms in total. The third-order valence-electron chi connectivity index (χ3n) is 13.5. The third-order valence-corrected chi connectivity index (χ3v) is 13.8. The first kappa shape index (κ1) is 55.5. The number of hydrogen-bond acceptors (Lipinski definition) is 12. The topological polar surface area (TPSA) is 234 Å². The quantitative estimate of drug-likeness (QED) is 0.0591. The molecule has 0 radical (unpaired) electrons. The number of nitrogens with two attached hydrogens (primary N) is 2. The summed E-state index contributed by atoms with van der Waals surface area (Å²) in [6.07, 6.45) is 17.9. The van der Waals surface area contributed by atoms with Gasteiger partial charge in [0.1, 0.15) is 17.0 Å². The van der Waals surface area contributed by atoms with E-state index in [-0.39, 0.29) is 35.8 Å². The molecule has 8 aromatic rings. The maximum atomic E-state index is 13.0. The Bertz CT molecular complexity index is 3550. The van der Waals surface area contributed by atoms with Crippen molar-refractivity contribution >= 4 is 79.2 Å². The van der Waals surface area contributed by atoms with Crippen LogP contribution in [0.5, 0.6) is 5.75 Å².